The van der Waals surface area contributed by atoms with Gasteiger partial charge in [-0.2, -0.15) is 0 Å². The molecule has 86 valence electrons. The first-order valence-electron chi connectivity index (χ1n) is 5.61. The normalized spacial score (nSPS) is 16.3. The average molecular weight is 220 g/mol. The number of anilines is 1. The summed E-state index contributed by atoms with van der Waals surface area (Å²) in [5.74, 6) is -0.958. The van der Waals surface area contributed by atoms with E-state index in [4.69, 9.17) is 5.11 Å². The Balaban J connectivity index is 2.27. The zero-order valence-electron chi connectivity index (χ0n) is 9.39. The number of pyridine rings is 1. The van der Waals surface area contributed by atoms with Crippen molar-refractivity contribution in [2.24, 2.45) is 0 Å². The Bertz CT molecular complexity index is 386. The summed E-state index contributed by atoms with van der Waals surface area (Å²) in [5.41, 5.74) is 0.874. The first-order valence-corrected chi connectivity index (χ1v) is 5.61. The fourth-order valence-electron chi connectivity index (χ4n) is 2.33. The average Bonchev–Trinajstić information content (AvgIpc) is 2.81. The number of carbonyl (C=O) groups is 1. The fourth-order valence-corrected chi connectivity index (χ4v) is 2.33. The predicted molar refractivity (Wildman–Crippen MR) is 61.9 cm³/mol. The number of carboxylic acid groups (broad SMARTS) is 1. The summed E-state index contributed by atoms with van der Waals surface area (Å²) in [6, 6.07) is 4.07. The van der Waals surface area contributed by atoms with E-state index in [0.717, 1.165) is 18.5 Å². The maximum atomic E-state index is 11.1. The summed E-state index contributed by atoms with van der Waals surface area (Å²) in [4.78, 5) is 17.0. The first-order chi connectivity index (χ1) is 7.70. The van der Waals surface area contributed by atoms with E-state index in [1.807, 2.05) is 13.1 Å². The Morgan fingerprint density at radius 2 is 2.19 bits per heavy atom. The first kappa shape index (κ1) is 10.9. The highest BCUT2D eigenvalue weighted by molar-refractivity contribution is 5.92. The topological polar surface area (TPSA) is 53.4 Å². The van der Waals surface area contributed by atoms with Crippen molar-refractivity contribution in [3.63, 3.8) is 0 Å². The molecular formula is C12H16N2O2. The number of nitrogens with zero attached hydrogens (tertiary/aromatic N) is 2. The molecule has 1 N–H and O–H groups in total. The van der Waals surface area contributed by atoms with Crippen LogP contribution in [-0.4, -0.2) is 29.1 Å². The van der Waals surface area contributed by atoms with Gasteiger partial charge < -0.3 is 10.0 Å². The Kier molecular flexibility index (Phi) is 3.08. The zero-order chi connectivity index (χ0) is 11.5. The van der Waals surface area contributed by atoms with E-state index in [9.17, 15) is 4.79 Å². The smallest absolute Gasteiger partial charge is 0.356 e. The molecule has 0 unspecified atom stereocenters. The van der Waals surface area contributed by atoms with E-state index in [1.54, 1.807) is 6.07 Å². The standard InChI is InChI=1S/C12H16N2O2/c1-14(9-5-2-3-6-9)10-7-4-8-13-11(10)12(15)16/h4,7-9H,2-3,5-6H2,1H3,(H,15,16). The van der Waals surface area contributed by atoms with E-state index >= 15 is 0 Å². The summed E-state index contributed by atoms with van der Waals surface area (Å²) in [7, 11) is 1.96. The molecule has 4 heteroatoms. The van der Waals surface area contributed by atoms with Crippen LogP contribution in [0.3, 0.4) is 0 Å². The van der Waals surface area contributed by atoms with E-state index in [0.29, 0.717) is 6.04 Å². The van der Waals surface area contributed by atoms with Gasteiger partial charge in [0.1, 0.15) is 0 Å². The summed E-state index contributed by atoms with van der Waals surface area (Å²) < 4.78 is 0. The van der Waals surface area contributed by atoms with Gasteiger partial charge >= 0.3 is 5.97 Å². The molecule has 0 bridgehead atoms. The second-order valence-corrected chi connectivity index (χ2v) is 4.23. The summed E-state index contributed by atoms with van der Waals surface area (Å²) in [6.07, 6.45) is 6.28. The summed E-state index contributed by atoms with van der Waals surface area (Å²) in [6.45, 7) is 0. The Morgan fingerprint density at radius 3 is 2.81 bits per heavy atom. The Labute approximate surface area is 94.9 Å². The Hall–Kier alpha value is -1.58. The van der Waals surface area contributed by atoms with Gasteiger partial charge in [0.05, 0.1) is 5.69 Å². The van der Waals surface area contributed by atoms with Crippen LogP contribution in [0.15, 0.2) is 18.3 Å². The van der Waals surface area contributed by atoms with Crippen molar-refractivity contribution in [2.45, 2.75) is 31.7 Å². The largest absolute Gasteiger partial charge is 0.476 e. The highest BCUT2D eigenvalue weighted by Crippen LogP contribution is 2.28. The van der Waals surface area contributed by atoms with Gasteiger partial charge in [-0.25, -0.2) is 9.78 Å². The maximum absolute atomic E-state index is 11.1. The van der Waals surface area contributed by atoms with Crippen molar-refractivity contribution in [1.29, 1.82) is 0 Å². The lowest BCUT2D eigenvalue weighted by atomic mass is 10.2. The van der Waals surface area contributed by atoms with Crippen LogP contribution in [0.5, 0.6) is 0 Å². The molecule has 1 heterocycles. The van der Waals surface area contributed by atoms with Gasteiger partial charge in [0.25, 0.3) is 0 Å². The lowest BCUT2D eigenvalue weighted by Crippen LogP contribution is -2.30. The second kappa shape index (κ2) is 4.51. The molecule has 0 spiro atoms. The Morgan fingerprint density at radius 1 is 1.50 bits per heavy atom. The van der Waals surface area contributed by atoms with Crippen molar-refractivity contribution < 1.29 is 9.90 Å². The summed E-state index contributed by atoms with van der Waals surface area (Å²) in [5, 5.41) is 9.07. The summed E-state index contributed by atoms with van der Waals surface area (Å²) >= 11 is 0. The number of carboxylic acids is 1. The third-order valence-electron chi connectivity index (χ3n) is 3.24. The fraction of sp³-hybridized carbons (Fsp3) is 0.500. The van der Waals surface area contributed by atoms with Crippen LogP contribution in [0.25, 0.3) is 0 Å². The van der Waals surface area contributed by atoms with E-state index in [1.165, 1.54) is 19.0 Å². The van der Waals surface area contributed by atoms with Crippen LogP contribution in [0.4, 0.5) is 5.69 Å². The molecule has 1 fully saturated rings. The molecule has 0 saturated heterocycles. The molecule has 0 atom stereocenters. The quantitative estimate of drug-likeness (QED) is 0.848. The third-order valence-corrected chi connectivity index (χ3v) is 3.24. The van der Waals surface area contributed by atoms with Crippen LogP contribution in [-0.2, 0) is 0 Å². The maximum Gasteiger partial charge on any atom is 0.356 e. The lowest BCUT2D eigenvalue weighted by Gasteiger charge is -2.27. The molecule has 1 aromatic heterocycles. The molecular weight excluding hydrogens is 204 g/mol. The minimum Gasteiger partial charge on any atom is -0.476 e. The number of rotatable bonds is 3. The van der Waals surface area contributed by atoms with Crippen LogP contribution in [0.1, 0.15) is 36.2 Å². The van der Waals surface area contributed by atoms with E-state index < -0.39 is 5.97 Å². The van der Waals surface area contributed by atoms with Gasteiger partial charge in [-0.15, -0.1) is 0 Å². The molecule has 1 aromatic rings. The van der Waals surface area contributed by atoms with E-state index in [2.05, 4.69) is 9.88 Å². The minimum absolute atomic E-state index is 0.150. The molecule has 16 heavy (non-hydrogen) atoms. The van der Waals surface area contributed by atoms with Crippen molar-refractivity contribution in [3.05, 3.63) is 24.0 Å². The molecule has 1 aliphatic carbocycles. The number of hydrogen-bond donors (Lipinski definition) is 1. The van der Waals surface area contributed by atoms with Crippen molar-refractivity contribution in [2.75, 3.05) is 11.9 Å². The molecule has 2 rings (SSSR count). The monoisotopic (exact) mass is 220 g/mol. The van der Waals surface area contributed by atoms with Crippen molar-refractivity contribution in [3.8, 4) is 0 Å². The van der Waals surface area contributed by atoms with Crippen LogP contribution < -0.4 is 4.90 Å². The predicted octanol–water partition coefficient (Wildman–Crippen LogP) is 2.16. The van der Waals surface area contributed by atoms with Crippen LogP contribution >= 0.6 is 0 Å². The molecule has 4 nitrogen and oxygen atoms in total. The van der Waals surface area contributed by atoms with Gasteiger partial charge in [-0.05, 0) is 25.0 Å². The molecule has 1 aliphatic rings. The van der Waals surface area contributed by atoms with E-state index in [-0.39, 0.29) is 5.69 Å². The van der Waals surface area contributed by atoms with Crippen LogP contribution in [0, 0.1) is 0 Å². The minimum atomic E-state index is -0.958. The van der Waals surface area contributed by atoms with Gasteiger partial charge in [-0.1, -0.05) is 12.8 Å². The highest BCUT2D eigenvalue weighted by atomic mass is 16.4. The van der Waals surface area contributed by atoms with Gasteiger partial charge in [0, 0.05) is 19.3 Å². The SMILES string of the molecule is CN(c1cccnc1C(=O)O)C1CCCC1. The highest BCUT2D eigenvalue weighted by Gasteiger charge is 2.23. The number of aromatic nitrogens is 1. The second-order valence-electron chi connectivity index (χ2n) is 4.23. The molecule has 0 amide bonds. The molecule has 0 aliphatic heterocycles. The zero-order valence-corrected chi connectivity index (χ0v) is 9.39. The third kappa shape index (κ3) is 2.01. The lowest BCUT2D eigenvalue weighted by molar-refractivity contribution is 0.0691. The van der Waals surface area contributed by atoms with Gasteiger partial charge in [-0.3, -0.25) is 0 Å². The molecule has 0 radical (unpaired) electrons. The molecule has 0 aromatic carbocycles. The van der Waals surface area contributed by atoms with Gasteiger partial charge in [0.15, 0.2) is 5.69 Å². The number of hydrogen-bond acceptors (Lipinski definition) is 3. The van der Waals surface area contributed by atoms with Gasteiger partial charge in [0.2, 0.25) is 0 Å². The van der Waals surface area contributed by atoms with Crippen molar-refractivity contribution >= 4 is 11.7 Å². The van der Waals surface area contributed by atoms with Crippen molar-refractivity contribution in [1.82, 2.24) is 4.98 Å². The molecule has 1 saturated carbocycles. The number of aromatic carboxylic acids is 1. The van der Waals surface area contributed by atoms with Crippen LogP contribution in [0.2, 0.25) is 0 Å².